The Bertz CT molecular complexity index is 829. The Morgan fingerprint density at radius 1 is 1.13 bits per heavy atom. The van der Waals surface area contributed by atoms with Gasteiger partial charge in [-0.3, -0.25) is 0 Å². The lowest BCUT2D eigenvalue weighted by Crippen LogP contribution is -2.36. The van der Waals surface area contributed by atoms with E-state index in [1.54, 1.807) is 27.7 Å². The third-order valence-corrected chi connectivity index (χ3v) is 3.06. The molecule has 0 radical (unpaired) electrons. The Labute approximate surface area is 137 Å². The van der Waals surface area contributed by atoms with Crippen LogP contribution in [0, 0.1) is 0 Å². The van der Waals surface area contributed by atoms with Gasteiger partial charge in [-0.05, 0) is 45.9 Å². The minimum absolute atomic E-state index is 0.0882. The average molecular weight is 341 g/mol. The summed E-state index contributed by atoms with van der Waals surface area (Å²) in [7, 11) is 0. The first kappa shape index (κ1) is 17.1. The molecule has 0 aliphatic rings. The van der Waals surface area contributed by atoms with E-state index in [2.05, 4.69) is 0 Å². The monoisotopic (exact) mass is 340 g/mol. The number of rotatable bonds is 1. The van der Waals surface area contributed by atoms with Crippen molar-refractivity contribution in [2.75, 3.05) is 6.61 Å². The van der Waals surface area contributed by atoms with Crippen molar-refractivity contribution >= 4 is 34.8 Å². The lowest BCUT2D eigenvalue weighted by atomic mass is 10.2. The fourth-order valence-corrected chi connectivity index (χ4v) is 2.19. The molecule has 0 N–H and O–H groups in total. The van der Waals surface area contributed by atoms with Crippen LogP contribution in [0.5, 0.6) is 0 Å². The summed E-state index contributed by atoms with van der Waals surface area (Å²) < 4.78 is 11.6. The summed E-state index contributed by atoms with van der Waals surface area (Å²) >= 11 is 5.93. The number of ether oxygens (including phenoxy) is 2. The number of benzene rings is 1. The quantitative estimate of drug-likeness (QED) is 0.796. The first-order chi connectivity index (χ1) is 10.7. The maximum atomic E-state index is 12.5. The zero-order valence-corrected chi connectivity index (χ0v) is 14.0. The minimum Gasteiger partial charge on any atom is -0.449 e. The van der Waals surface area contributed by atoms with E-state index in [1.165, 1.54) is 18.2 Å². The molecule has 2 aromatic rings. The van der Waals surface area contributed by atoms with E-state index in [4.69, 9.17) is 21.1 Å². The van der Waals surface area contributed by atoms with Crippen molar-refractivity contribution in [1.29, 1.82) is 0 Å². The van der Waals surface area contributed by atoms with Crippen LogP contribution in [0.1, 0.15) is 27.7 Å². The number of fused-ring (bicyclic) bond motifs is 1. The topological polar surface area (TPSA) is 79.5 Å². The average Bonchev–Trinajstić information content (AvgIpc) is 2.68. The van der Waals surface area contributed by atoms with E-state index in [0.29, 0.717) is 5.02 Å². The van der Waals surface area contributed by atoms with Gasteiger partial charge in [0, 0.05) is 5.02 Å². The molecule has 0 unspecified atom stereocenters. The van der Waals surface area contributed by atoms with E-state index in [9.17, 15) is 14.4 Å². The normalized spacial score (nSPS) is 11.5. The van der Waals surface area contributed by atoms with Crippen molar-refractivity contribution in [2.45, 2.75) is 33.3 Å². The van der Waals surface area contributed by atoms with Gasteiger partial charge >= 0.3 is 17.9 Å². The fourth-order valence-electron chi connectivity index (χ4n) is 2.02. The van der Waals surface area contributed by atoms with Crippen LogP contribution in [-0.4, -0.2) is 33.5 Å². The van der Waals surface area contributed by atoms with Crippen molar-refractivity contribution in [2.24, 2.45) is 0 Å². The molecule has 124 valence electrons. The summed E-state index contributed by atoms with van der Waals surface area (Å²) in [5.74, 6) is 0. The van der Waals surface area contributed by atoms with Crippen LogP contribution in [-0.2, 0) is 9.47 Å². The SMILES string of the molecule is CCOC(=O)n1c(=O)n(C(=O)OC(C)(C)C)c2ccc(Cl)cc21. The zero-order valence-electron chi connectivity index (χ0n) is 13.3. The maximum Gasteiger partial charge on any atom is 0.423 e. The third-order valence-electron chi connectivity index (χ3n) is 2.83. The highest BCUT2D eigenvalue weighted by Gasteiger charge is 2.26. The molecule has 0 amide bonds. The molecular formula is C15H17ClN2O5. The van der Waals surface area contributed by atoms with Crippen LogP contribution >= 0.6 is 11.6 Å². The Balaban J connectivity index is 2.71. The van der Waals surface area contributed by atoms with E-state index < -0.39 is 23.5 Å². The van der Waals surface area contributed by atoms with Gasteiger partial charge in [-0.2, -0.15) is 9.13 Å². The Morgan fingerprint density at radius 3 is 2.30 bits per heavy atom. The van der Waals surface area contributed by atoms with Gasteiger partial charge in [-0.15, -0.1) is 0 Å². The molecule has 1 aromatic heterocycles. The fraction of sp³-hybridized carbons (Fsp3) is 0.400. The molecule has 0 saturated heterocycles. The smallest absolute Gasteiger partial charge is 0.423 e. The second kappa shape index (κ2) is 6.08. The maximum absolute atomic E-state index is 12.5. The molecule has 0 spiro atoms. The number of imidazole rings is 1. The predicted octanol–water partition coefficient (Wildman–Crippen LogP) is 3.24. The van der Waals surface area contributed by atoms with Gasteiger partial charge < -0.3 is 9.47 Å². The van der Waals surface area contributed by atoms with Crippen molar-refractivity contribution in [3.8, 4) is 0 Å². The Kier molecular flexibility index (Phi) is 4.51. The summed E-state index contributed by atoms with van der Waals surface area (Å²) in [5, 5.41) is 0.317. The molecule has 0 saturated carbocycles. The lowest BCUT2D eigenvalue weighted by molar-refractivity contribution is 0.0537. The Hall–Kier alpha value is -2.28. The molecule has 1 aromatic carbocycles. The van der Waals surface area contributed by atoms with Crippen LogP contribution in [0.25, 0.3) is 11.0 Å². The summed E-state index contributed by atoms with van der Waals surface area (Å²) in [4.78, 5) is 36.9. The second-order valence-electron chi connectivity index (χ2n) is 5.77. The van der Waals surface area contributed by atoms with Crippen LogP contribution in [0.3, 0.4) is 0 Å². The van der Waals surface area contributed by atoms with Crippen molar-refractivity contribution in [3.05, 3.63) is 33.7 Å². The van der Waals surface area contributed by atoms with Crippen molar-refractivity contribution < 1.29 is 19.1 Å². The second-order valence-corrected chi connectivity index (χ2v) is 6.20. The molecule has 8 heteroatoms. The number of hydrogen-bond donors (Lipinski definition) is 0. The van der Waals surface area contributed by atoms with Crippen LogP contribution in [0.2, 0.25) is 5.02 Å². The first-order valence-electron chi connectivity index (χ1n) is 6.99. The van der Waals surface area contributed by atoms with Crippen LogP contribution in [0.15, 0.2) is 23.0 Å². The number of carbonyl (C=O) groups is 2. The number of aromatic nitrogens is 2. The van der Waals surface area contributed by atoms with Gasteiger partial charge in [0.05, 0.1) is 17.6 Å². The van der Waals surface area contributed by atoms with Gasteiger partial charge in [-0.25, -0.2) is 14.4 Å². The minimum atomic E-state index is -0.882. The number of nitrogens with zero attached hydrogens (tertiary/aromatic N) is 2. The number of halogens is 1. The molecule has 0 atom stereocenters. The van der Waals surface area contributed by atoms with E-state index in [-0.39, 0.29) is 17.6 Å². The van der Waals surface area contributed by atoms with Gasteiger partial charge in [-0.1, -0.05) is 11.6 Å². The molecule has 1 heterocycles. The standard InChI is InChI=1S/C15H17ClN2O5/c1-5-22-13(20)18-11-8-9(16)6-7-10(11)17(12(18)19)14(21)23-15(2,3)4/h6-8H,5H2,1-4H3. The number of hydrogen-bond acceptors (Lipinski definition) is 5. The van der Waals surface area contributed by atoms with Crippen molar-refractivity contribution in [3.63, 3.8) is 0 Å². The van der Waals surface area contributed by atoms with Crippen LogP contribution in [0.4, 0.5) is 9.59 Å². The van der Waals surface area contributed by atoms with Gasteiger partial charge in [0.25, 0.3) is 0 Å². The molecule has 0 aliphatic heterocycles. The van der Waals surface area contributed by atoms with E-state index >= 15 is 0 Å². The lowest BCUT2D eigenvalue weighted by Gasteiger charge is -2.19. The highest BCUT2D eigenvalue weighted by atomic mass is 35.5. The first-order valence-corrected chi connectivity index (χ1v) is 7.37. The largest absolute Gasteiger partial charge is 0.449 e. The zero-order chi connectivity index (χ0) is 17.4. The summed E-state index contributed by atoms with van der Waals surface area (Å²) in [6, 6.07) is 4.40. The molecule has 7 nitrogen and oxygen atoms in total. The highest BCUT2D eigenvalue weighted by Crippen LogP contribution is 2.20. The predicted molar refractivity (Wildman–Crippen MR) is 85.3 cm³/mol. The Morgan fingerprint density at radius 2 is 1.74 bits per heavy atom. The molecule has 0 fully saturated rings. The summed E-state index contributed by atoms with van der Waals surface area (Å²) in [6.45, 7) is 6.74. The highest BCUT2D eigenvalue weighted by molar-refractivity contribution is 6.31. The molecule has 0 bridgehead atoms. The number of carbonyl (C=O) groups excluding carboxylic acids is 2. The summed E-state index contributed by atoms with van der Waals surface area (Å²) in [6.07, 6.45) is -1.76. The third kappa shape index (κ3) is 3.39. The molecule has 0 aliphatic carbocycles. The molecular weight excluding hydrogens is 324 g/mol. The van der Waals surface area contributed by atoms with E-state index in [0.717, 1.165) is 9.13 Å². The van der Waals surface area contributed by atoms with E-state index in [1.807, 2.05) is 0 Å². The molecule has 23 heavy (non-hydrogen) atoms. The van der Waals surface area contributed by atoms with Gasteiger partial charge in [0.2, 0.25) is 0 Å². The van der Waals surface area contributed by atoms with Gasteiger partial charge in [0.1, 0.15) is 5.60 Å². The molecule has 2 rings (SSSR count). The van der Waals surface area contributed by atoms with Crippen molar-refractivity contribution in [1.82, 2.24) is 9.13 Å². The van der Waals surface area contributed by atoms with Gasteiger partial charge in [0.15, 0.2) is 0 Å². The van der Waals surface area contributed by atoms with Crippen LogP contribution < -0.4 is 5.69 Å². The summed E-state index contributed by atoms with van der Waals surface area (Å²) in [5.41, 5.74) is -1.27.